The van der Waals surface area contributed by atoms with Crippen molar-refractivity contribution in [3.63, 3.8) is 0 Å². The summed E-state index contributed by atoms with van der Waals surface area (Å²) in [4.78, 5) is 0. The van der Waals surface area contributed by atoms with Crippen molar-refractivity contribution >= 4 is 21.5 Å². The zero-order chi connectivity index (χ0) is 9.83. The van der Waals surface area contributed by atoms with Gasteiger partial charge in [-0.05, 0) is 39.1 Å². The number of fused-ring (bicyclic) bond motifs is 2. The first-order valence-corrected chi connectivity index (χ1v) is 5.36. The summed E-state index contributed by atoms with van der Waals surface area (Å²) in [5.41, 5.74) is 3.02. The summed E-state index contributed by atoms with van der Waals surface area (Å²) in [6, 6.07) is 17.7. The molecule has 0 amide bonds. The second kappa shape index (κ2) is 2.40. The highest BCUT2D eigenvalue weighted by Crippen LogP contribution is 2.38. The lowest BCUT2D eigenvalue weighted by atomic mass is 9.82. The number of hydrogen-bond donors (Lipinski definition) is 0. The predicted molar refractivity (Wildman–Crippen MR) is 64.3 cm³/mol. The van der Waals surface area contributed by atoms with E-state index in [2.05, 4.69) is 48.5 Å². The molecule has 3 aromatic rings. The number of rotatable bonds is 0. The maximum atomic E-state index is 2.34. The van der Waals surface area contributed by atoms with Crippen molar-refractivity contribution in [3.05, 3.63) is 59.7 Å². The lowest BCUT2D eigenvalue weighted by molar-refractivity contribution is 1.17. The highest BCUT2D eigenvalue weighted by atomic mass is 14.2. The molecule has 0 unspecified atom stereocenters. The first-order valence-electron chi connectivity index (χ1n) is 5.36. The Hall–Kier alpha value is -1.82. The first kappa shape index (κ1) is 7.47. The van der Waals surface area contributed by atoms with E-state index >= 15 is 0 Å². The molecule has 3 aromatic carbocycles. The molecule has 0 radical (unpaired) electrons. The number of hydrogen-bond acceptors (Lipinski definition) is 0. The molecule has 0 spiro atoms. The molecule has 0 nitrogen and oxygen atoms in total. The maximum Gasteiger partial charge on any atom is -0.00130 e. The molecule has 0 atom stereocenters. The Bertz CT molecular complexity index is 693. The fourth-order valence-electron chi connectivity index (χ4n) is 2.72. The van der Waals surface area contributed by atoms with E-state index in [4.69, 9.17) is 0 Å². The number of benzene rings is 3. The molecule has 0 saturated heterocycles. The highest BCUT2D eigenvalue weighted by molar-refractivity contribution is 6.12. The average Bonchev–Trinajstić information content (AvgIpc) is 2.27. The van der Waals surface area contributed by atoms with Crippen LogP contribution in [0.4, 0.5) is 0 Å². The van der Waals surface area contributed by atoms with Gasteiger partial charge in [-0.3, -0.25) is 0 Å². The molecular weight excluding hydrogens is 180 g/mol. The quantitative estimate of drug-likeness (QED) is 0.369. The second-order valence-electron chi connectivity index (χ2n) is 4.27. The molecule has 0 aliphatic heterocycles. The Morgan fingerprint density at radius 1 is 0.733 bits per heavy atom. The molecule has 0 heteroatoms. The van der Waals surface area contributed by atoms with Crippen LogP contribution in [0, 0.1) is 0 Å². The molecule has 4 rings (SSSR count). The van der Waals surface area contributed by atoms with Crippen LogP contribution in [0.15, 0.2) is 48.5 Å². The van der Waals surface area contributed by atoms with Gasteiger partial charge in [-0.1, -0.05) is 48.5 Å². The highest BCUT2D eigenvalue weighted by Gasteiger charge is 2.17. The van der Waals surface area contributed by atoms with Gasteiger partial charge in [-0.15, -0.1) is 0 Å². The van der Waals surface area contributed by atoms with Crippen molar-refractivity contribution in [2.45, 2.75) is 6.42 Å². The third kappa shape index (κ3) is 0.822. The van der Waals surface area contributed by atoms with Crippen molar-refractivity contribution in [2.75, 3.05) is 0 Å². The zero-order valence-corrected chi connectivity index (χ0v) is 8.33. The van der Waals surface area contributed by atoms with E-state index in [1.807, 2.05) is 0 Å². The normalized spacial score (nSPS) is 13.1. The van der Waals surface area contributed by atoms with Gasteiger partial charge in [0.25, 0.3) is 0 Å². The standard InChI is InChI=1S/C15H10/c1-2-6-13-10(4-1)8-12-9-11-5-3-7-14(13)15(11)12/h1-8H,9H2. The van der Waals surface area contributed by atoms with Crippen LogP contribution in [0.5, 0.6) is 0 Å². The molecule has 15 heavy (non-hydrogen) atoms. The fourth-order valence-corrected chi connectivity index (χ4v) is 2.72. The van der Waals surface area contributed by atoms with Gasteiger partial charge >= 0.3 is 0 Å². The molecule has 0 bridgehead atoms. The van der Waals surface area contributed by atoms with Crippen molar-refractivity contribution in [1.82, 2.24) is 0 Å². The molecule has 0 N–H and O–H groups in total. The molecule has 1 aliphatic carbocycles. The van der Waals surface area contributed by atoms with Gasteiger partial charge < -0.3 is 0 Å². The van der Waals surface area contributed by atoms with Crippen LogP contribution < -0.4 is 0 Å². The molecule has 0 fully saturated rings. The van der Waals surface area contributed by atoms with Crippen LogP contribution in [0.1, 0.15) is 11.1 Å². The van der Waals surface area contributed by atoms with Crippen LogP contribution in [0.3, 0.4) is 0 Å². The monoisotopic (exact) mass is 190 g/mol. The van der Waals surface area contributed by atoms with E-state index in [-0.39, 0.29) is 0 Å². The third-order valence-electron chi connectivity index (χ3n) is 3.43. The lowest BCUT2D eigenvalue weighted by Crippen LogP contribution is -2.03. The smallest absolute Gasteiger partial charge is 0.00130 e. The Morgan fingerprint density at radius 3 is 2.60 bits per heavy atom. The summed E-state index contributed by atoms with van der Waals surface area (Å²) in [7, 11) is 0. The van der Waals surface area contributed by atoms with Crippen molar-refractivity contribution in [2.24, 2.45) is 0 Å². The zero-order valence-electron chi connectivity index (χ0n) is 8.33. The SMILES string of the molecule is c1ccc2c(c1)cc1c3c(cccc32)C1. The van der Waals surface area contributed by atoms with E-state index in [1.54, 1.807) is 0 Å². The third-order valence-corrected chi connectivity index (χ3v) is 3.43. The van der Waals surface area contributed by atoms with E-state index in [0.29, 0.717) is 0 Å². The van der Waals surface area contributed by atoms with Crippen LogP contribution in [0.25, 0.3) is 21.5 Å². The van der Waals surface area contributed by atoms with E-state index in [9.17, 15) is 0 Å². The summed E-state index contributed by atoms with van der Waals surface area (Å²) in [5, 5.41) is 5.68. The Labute approximate surface area is 88.2 Å². The Morgan fingerprint density at radius 2 is 1.60 bits per heavy atom. The summed E-state index contributed by atoms with van der Waals surface area (Å²) in [6.45, 7) is 0. The summed E-state index contributed by atoms with van der Waals surface area (Å²) < 4.78 is 0. The molecule has 0 heterocycles. The lowest BCUT2D eigenvalue weighted by Gasteiger charge is -2.21. The average molecular weight is 190 g/mol. The van der Waals surface area contributed by atoms with Gasteiger partial charge in [-0.25, -0.2) is 0 Å². The van der Waals surface area contributed by atoms with Crippen molar-refractivity contribution in [1.29, 1.82) is 0 Å². The Balaban J connectivity index is 2.37. The molecular formula is C15H10. The van der Waals surface area contributed by atoms with Crippen LogP contribution >= 0.6 is 0 Å². The van der Waals surface area contributed by atoms with Gasteiger partial charge in [-0.2, -0.15) is 0 Å². The fraction of sp³-hybridized carbons (Fsp3) is 0.0667. The molecule has 0 saturated carbocycles. The van der Waals surface area contributed by atoms with E-state index in [0.717, 1.165) is 6.42 Å². The maximum absolute atomic E-state index is 2.34. The minimum Gasteiger partial charge on any atom is -0.0616 e. The predicted octanol–water partition coefficient (Wildman–Crippen LogP) is 3.90. The molecule has 70 valence electrons. The first-order chi connectivity index (χ1) is 7.43. The van der Waals surface area contributed by atoms with Crippen LogP contribution in [-0.2, 0) is 6.42 Å². The van der Waals surface area contributed by atoms with E-state index in [1.165, 1.54) is 32.7 Å². The van der Waals surface area contributed by atoms with Gasteiger partial charge in [0.2, 0.25) is 0 Å². The minimum atomic E-state index is 1.15. The summed E-state index contributed by atoms with van der Waals surface area (Å²) >= 11 is 0. The van der Waals surface area contributed by atoms with Crippen molar-refractivity contribution < 1.29 is 0 Å². The van der Waals surface area contributed by atoms with Crippen LogP contribution in [-0.4, -0.2) is 0 Å². The second-order valence-corrected chi connectivity index (χ2v) is 4.27. The van der Waals surface area contributed by atoms with Crippen LogP contribution in [0.2, 0.25) is 0 Å². The minimum absolute atomic E-state index is 1.15. The van der Waals surface area contributed by atoms with Gasteiger partial charge in [0.15, 0.2) is 0 Å². The Kier molecular flexibility index (Phi) is 1.20. The van der Waals surface area contributed by atoms with Gasteiger partial charge in [0.1, 0.15) is 0 Å². The summed E-state index contributed by atoms with van der Waals surface area (Å²) in [5.74, 6) is 0. The largest absolute Gasteiger partial charge is 0.0616 e. The van der Waals surface area contributed by atoms with Crippen molar-refractivity contribution in [3.8, 4) is 0 Å². The molecule has 1 aliphatic rings. The topological polar surface area (TPSA) is 0 Å². The summed E-state index contributed by atoms with van der Waals surface area (Å²) in [6.07, 6.45) is 1.15. The molecule has 0 aromatic heterocycles. The van der Waals surface area contributed by atoms with Gasteiger partial charge in [0.05, 0.1) is 0 Å². The van der Waals surface area contributed by atoms with E-state index < -0.39 is 0 Å². The van der Waals surface area contributed by atoms with Gasteiger partial charge in [0, 0.05) is 0 Å².